The van der Waals surface area contributed by atoms with E-state index in [0.29, 0.717) is 24.4 Å². The number of anilines is 2. The minimum absolute atomic E-state index is 0.0367. The zero-order chi connectivity index (χ0) is 35.1. The number of nitrogens with zero attached hydrogens (tertiary/aromatic N) is 5. The Morgan fingerprint density at radius 1 is 1.00 bits per heavy atom. The highest BCUT2D eigenvalue weighted by Crippen LogP contribution is 2.40. The lowest BCUT2D eigenvalue weighted by atomic mass is 9.97. The first-order valence-electron chi connectivity index (χ1n) is 16.4. The van der Waals surface area contributed by atoms with Crippen LogP contribution in [-0.2, 0) is 27.9 Å². The highest BCUT2D eigenvalue weighted by molar-refractivity contribution is 5.50. The summed E-state index contributed by atoms with van der Waals surface area (Å²) in [7, 11) is 0. The molecule has 5 aromatic rings. The van der Waals surface area contributed by atoms with Crippen molar-refractivity contribution in [2.45, 2.75) is 50.8 Å². The zero-order valence-electron chi connectivity index (χ0n) is 27.6. The number of benzene rings is 3. The van der Waals surface area contributed by atoms with Crippen LogP contribution in [0, 0.1) is 0 Å². The van der Waals surface area contributed by atoms with Crippen LogP contribution in [0.25, 0.3) is 5.69 Å². The fourth-order valence-electron chi connectivity index (χ4n) is 5.60. The maximum Gasteiger partial charge on any atom is 0.416 e. The van der Waals surface area contributed by atoms with Gasteiger partial charge in [0, 0.05) is 42.6 Å². The first-order chi connectivity index (χ1) is 24.1. The van der Waals surface area contributed by atoms with Crippen LogP contribution in [0.1, 0.15) is 43.0 Å². The van der Waals surface area contributed by atoms with Crippen molar-refractivity contribution < 1.29 is 27.4 Å². The van der Waals surface area contributed by atoms with E-state index < -0.39 is 23.6 Å². The molecule has 262 valence electrons. The fraction of sp³-hybridized carbons (Fsp3) is 0.333. The first-order valence-corrected chi connectivity index (χ1v) is 16.4. The van der Waals surface area contributed by atoms with E-state index in [1.165, 1.54) is 27.7 Å². The number of hydrogen-bond donors (Lipinski definition) is 2. The van der Waals surface area contributed by atoms with Crippen LogP contribution < -0.4 is 21.1 Å². The summed E-state index contributed by atoms with van der Waals surface area (Å²) in [6, 6.07) is 21.8. The summed E-state index contributed by atoms with van der Waals surface area (Å²) in [6.07, 6.45) is 0.522. The number of ether oxygens (including phenoxy) is 3. The van der Waals surface area contributed by atoms with Gasteiger partial charge in [0.05, 0.1) is 30.1 Å². The number of hydrogen-bond acceptors (Lipinski definition) is 9. The van der Waals surface area contributed by atoms with Crippen LogP contribution in [-0.4, -0.2) is 57.0 Å². The van der Waals surface area contributed by atoms with Crippen molar-refractivity contribution in [2.75, 3.05) is 36.9 Å². The summed E-state index contributed by atoms with van der Waals surface area (Å²) in [4.78, 5) is 12.7. The van der Waals surface area contributed by atoms with E-state index >= 15 is 0 Å². The SMILES string of the molecule is CCC(C)n1ncn(-c2ccc(NCCNc3ccc(OC[C@@H]4CO[C@@](Cc5ccnnc5)(c5cccc(C(F)(F)F)c5)O4)cc3)cc2)c1=O. The summed E-state index contributed by atoms with van der Waals surface area (Å²) in [5, 5.41) is 18.6. The molecule has 0 amide bonds. The third kappa shape index (κ3) is 8.14. The number of aromatic nitrogens is 5. The first kappa shape index (κ1) is 34.6. The number of rotatable bonds is 14. The molecule has 14 heteroatoms. The third-order valence-corrected chi connectivity index (χ3v) is 8.49. The minimum Gasteiger partial charge on any atom is -0.491 e. The smallest absolute Gasteiger partial charge is 0.416 e. The average Bonchev–Trinajstić information content (AvgIpc) is 3.73. The van der Waals surface area contributed by atoms with Gasteiger partial charge < -0.3 is 24.8 Å². The van der Waals surface area contributed by atoms with E-state index in [9.17, 15) is 18.0 Å². The normalized spacial score (nSPS) is 18.1. The van der Waals surface area contributed by atoms with Crippen molar-refractivity contribution in [1.29, 1.82) is 0 Å². The van der Waals surface area contributed by atoms with E-state index in [4.69, 9.17) is 14.2 Å². The molecule has 2 aromatic heterocycles. The van der Waals surface area contributed by atoms with Gasteiger partial charge in [-0.15, -0.1) is 0 Å². The molecule has 3 atom stereocenters. The Hall–Kier alpha value is -5.21. The lowest BCUT2D eigenvalue weighted by molar-refractivity contribution is -0.179. The van der Waals surface area contributed by atoms with E-state index in [-0.39, 0.29) is 36.9 Å². The van der Waals surface area contributed by atoms with Crippen LogP contribution >= 0.6 is 0 Å². The van der Waals surface area contributed by atoms with Crippen LogP contribution in [0.15, 0.2) is 102 Å². The van der Waals surface area contributed by atoms with Gasteiger partial charge in [-0.05, 0) is 85.6 Å². The van der Waals surface area contributed by atoms with Crippen molar-refractivity contribution in [3.63, 3.8) is 0 Å². The molecule has 0 saturated carbocycles. The van der Waals surface area contributed by atoms with E-state index in [1.54, 1.807) is 18.5 Å². The van der Waals surface area contributed by atoms with Crippen molar-refractivity contribution >= 4 is 11.4 Å². The molecule has 6 rings (SSSR count). The topological polar surface area (TPSA) is 117 Å². The molecule has 1 aliphatic rings. The summed E-state index contributed by atoms with van der Waals surface area (Å²) in [5.41, 5.74) is 2.60. The molecule has 1 fully saturated rings. The fourth-order valence-corrected chi connectivity index (χ4v) is 5.60. The largest absolute Gasteiger partial charge is 0.491 e. The van der Waals surface area contributed by atoms with E-state index in [1.807, 2.05) is 62.4 Å². The Bertz CT molecular complexity index is 1900. The maximum atomic E-state index is 13.5. The zero-order valence-corrected chi connectivity index (χ0v) is 27.6. The second-order valence-corrected chi connectivity index (χ2v) is 12.0. The van der Waals surface area contributed by atoms with Gasteiger partial charge in [0.15, 0.2) is 5.79 Å². The van der Waals surface area contributed by atoms with E-state index in [0.717, 1.165) is 35.6 Å². The van der Waals surface area contributed by atoms with Gasteiger partial charge in [-0.1, -0.05) is 19.1 Å². The van der Waals surface area contributed by atoms with Crippen LogP contribution in [0.3, 0.4) is 0 Å². The molecule has 2 N–H and O–H groups in total. The number of halogens is 3. The molecule has 3 heterocycles. The molecule has 1 unspecified atom stereocenters. The lowest BCUT2D eigenvalue weighted by Gasteiger charge is -2.29. The Kier molecular flexibility index (Phi) is 10.5. The van der Waals surface area contributed by atoms with Gasteiger partial charge >= 0.3 is 11.9 Å². The van der Waals surface area contributed by atoms with Crippen LogP contribution in [0.2, 0.25) is 0 Å². The molecule has 0 aliphatic carbocycles. The van der Waals surface area contributed by atoms with Crippen LogP contribution in [0.5, 0.6) is 5.75 Å². The second-order valence-electron chi connectivity index (χ2n) is 12.0. The van der Waals surface area contributed by atoms with Crippen molar-refractivity contribution in [1.82, 2.24) is 24.5 Å². The van der Waals surface area contributed by atoms with Crippen molar-refractivity contribution in [3.05, 3.63) is 125 Å². The highest BCUT2D eigenvalue weighted by Gasteiger charge is 2.45. The predicted molar refractivity (Wildman–Crippen MR) is 181 cm³/mol. The molecule has 3 aromatic carbocycles. The molecule has 1 aliphatic heterocycles. The van der Waals surface area contributed by atoms with Crippen molar-refractivity contribution in [3.8, 4) is 11.4 Å². The number of alkyl halides is 3. The van der Waals surface area contributed by atoms with Gasteiger partial charge in [0.25, 0.3) is 0 Å². The highest BCUT2D eigenvalue weighted by atomic mass is 19.4. The average molecular weight is 690 g/mol. The molecule has 0 radical (unpaired) electrons. The molecular weight excluding hydrogens is 651 g/mol. The van der Waals surface area contributed by atoms with Gasteiger partial charge in [-0.3, -0.25) is 0 Å². The summed E-state index contributed by atoms with van der Waals surface area (Å²) in [6.45, 7) is 5.57. The monoisotopic (exact) mass is 689 g/mol. The lowest BCUT2D eigenvalue weighted by Crippen LogP contribution is -2.32. The van der Waals surface area contributed by atoms with Gasteiger partial charge in [0.1, 0.15) is 24.8 Å². The van der Waals surface area contributed by atoms with Gasteiger partial charge in [-0.25, -0.2) is 14.0 Å². The molecule has 50 heavy (non-hydrogen) atoms. The van der Waals surface area contributed by atoms with Gasteiger partial charge in [-0.2, -0.15) is 28.5 Å². The molecule has 11 nitrogen and oxygen atoms in total. The standard InChI is InChI=1S/C36H38F3N7O4/c1-3-25(2)46-34(47)45(24-44-46)31-11-7-29(8-12-31)40-17-18-41-30-9-13-32(14-10-30)48-22-33-23-49-35(50-33,20-26-15-16-42-43-21-26)27-5-4-6-28(19-27)36(37,38)39/h4-16,19,21,24-25,33,40-41H,3,17-18,20,22-23H2,1-2H3/t25?,33-,35-/m1/s1. The Labute approximate surface area is 287 Å². The number of nitrogens with one attached hydrogen (secondary N) is 2. The Morgan fingerprint density at radius 3 is 2.38 bits per heavy atom. The third-order valence-electron chi connectivity index (χ3n) is 8.49. The quantitative estimate of drug-likeness (QED) is 0.131. The van der Waals surface area contributed by atoms with Crippen molar-refractivity contribution in [2.24, 2.45) is 0 Å². The van der Waals surface area contributed by atoms with Crippen LogP contribution in [0.4, 0.5) is 24.5 Å². The minimum atomic E-state index is -4.51. The molecule has 0 spiro atoms. The second kappa shape index (κ2) is 15.1. The maximum absolute atomic E-state index is 13.5. The summed E-state index contributed by atoms with van der Waals surface area (Å²) >= 11 is 0. The Balaban J connectivity index is 0.987. The Morgan fingerprint density at radius 2 is 1.72 bits per heavy atom. The summed E-state index contributed by atoms with van der Waals surface area (Å²) in [5.74, 6) is -0.833. The molecule has 1 saturated heterocycles. The predicted octanol–water partition coefficient (Wildman–Crippen LogP) is 6.23. The van der Waals surface area contributed by atoms with Gasteiger partial charge in [0.2, 0.25) is 0 Å². The van der Waals surface area contributed by atoms with E-state index in [2.05, 4.69) is 25.9 Å². The molecule has 0 bridgehead atoms. The summed E-state index contributed by atoms with van der Waals surface area (Å²) < 4.78 is 62.0. The molecular formula is C36H38F3N7O4.